The predicted octanol–water partition coefficient (Wildman–Crippen LogP) is 4.54. The van der Waals surface area contributed by atoms with Crippen LogP contribution in [-0.4, -0.2) is 24.8 Å². The van der Waals surface area contributed by atoms with Crippen LogP contribution < -0.4 is 0 Å². The topological polar surface area (TPSA) is 37.4 Å². The largest absolute Gasteiger partial charge is 0.268 e. The van der Waals surface area contributed by atoms with Gasteiger partial charge in [-0.2, -0.15) is 0 Å². The van der Waals surface area contributed by atoms with E-state index in [0.29, 0.717) is 11.1 Å². The highest BCUT2D eigenvalue weighted by Crippen LogP contribution is 2.38. The first kappa shape index (κ1) is 15.9. The molecule has 0 atom stereocenters. The third kappa shape index (κ3) is 2.61. The average molecular weight is 325 g/mol. The Bertz CT molecular complexity index is 705. The summed E-state index contributed by atoms with van der Waals surface area (Å²) in [7, 11) is -1.90. The molecule has 0 aromatic heterocycles. The summed E-state index contributed by atoms with van der Waals surface area (Å²) in [5, 5.41) is 0.966. The van der Waals surface area contributed by atoms with E-state index in [-0.39, 0.29) is 11.8 Å². The van der Waals surface area contributed by atoms with Gasteiger partial charge in [0, 0.05) is 5.32 Å². The Labute approximate surface area is 138 Å². The maximum absolute atomic E-state index is 12.9. The van der Waals surface area contributed by atoms with E-state index in [2.05, 4.69) is 26.2 Å². The van der Waals surface area contributed by atoms with Gasteiger partial charge in [-0.3, -0.25) is 14.5 Å². The molecule has 0 bridgehead atoms. The summed E-state index contributed by atoms with van der Waals surface area (Å²) in [6.07, 6.45) is 4.13. The van der Waals surface area contributed by atoms with Gasteiger partial charge in [0.05, 0.1) is 19.2 Å². The summed E-state index contributed by atoms with van der Waals surface area (Å²) in [6, 6.07) is 7.12. The molecule has 1 aromatic carbocycles. The molecule has 0 radical (unpaired) electrons. The van der Waals surface area contributed by atoms with E-state index in [1.54, 1.807) is 12.1 Å². The molecule has 0 N–H and O–H groups in total. The van der Waals surface area contributed by atoms with Gasteiger partial charge in [0.1, 0.15) is 0 Å². The Morgan fingerprint density at radius 1 is 1.00 bits per heavy atom. The lowest BCUT2D eigenvalue weighted by atomic mass is 9.91. The highest BCUT2D eigenvalue weighted by Gasteiger charge is 2.42. The van der Waals surface area contributed by atoms with E-state index in [1.807, 2.05) is 12.1 Å². The van der Waals surface area contributed by atoms with Gasteiger partial charge in [0.25, 0.3) is 11.8 Å². The minimum atomic E-state index is -1.90. The first-order valence-corrected chi connectivity index (χ1v) is 11.7. The van der Waals surface area contributed by atoms with Crippen molar-refractivity contribution in [3.63, 3.8) is 0 Å². The van der Waals surface area contributed by atoms with Crippen LogP contribution in [0, 0.1) is 0 Å². The molecule has 0 spiro atoms. The molecule has 0 saturated heterocycles. The van der Waals surface area contributed by atoms with Crippen molar-refractivity contribution in [2.75, 3.05) is 0 Å². The van der Waals surface area contributed by atoms with E-state index in [9.17, 15) is 9.59 Å². The van der Waals surface area contributed by atoms with Gasteiger partial charge in [-0.25, -0.2) is 0 Å². The summed E-state index contributed by atoms with van der Waals surface area (Å²) < 4.78 is 0. The van der Waals surface area contributed by atoms with Gasteiger partial charge >= 0.3 is 0 Å². The van der Waals surface area contributed by atoms with E-state index in [0.717, 1.165) is 42.1 Å². The Balaban J connectivity index is 2.17. The number of fused-ring (bicyclic) bond motifs is 1. The van der Waals surface area contributed by atoms with Crippen molar-refractivity contribution in [3.8, 4) is 0 Å². The number of hydrogen-bond acceptors (Lipinski definition) is 2. The fraction of sp³-hybridized carbons (Fsp3) is 0.368. The quantitative estimate of drug-likeness (QED) is 0.591. The lowest BCUT2D eigenvalue weighted by Crippen LogP contribution is -2.42. The van der Waals surface area contributed by atoms with Crippen LogP contribution in [0.25, 0.3) is 0 Å². The number of carbonyl (C=O) groups excluding carboxylic acids is 2. The van der Waals surface area contributed by atoms with Crippen molar-refractivity contribution in [1.82, 2.24) is 4.90 Å². The Kier molecular flexibility index (Phi) is 3.88. The molecule has 120 valence electrons. The number of allylic oxidation sites excluding steroid dienone is 2. The fourth-order valence-electron chi connectivity index (χ4n) is 3.57. The number of amides is 2. The summed E-state index contributed by atoms with van der Waals surface area (Å²) >= 11 is 0. The van der Waals surface area contributed by atoms with Gasteiger partial charge < -0.3 is 0 Å². The van der Waals surface area contributed by atoms with Crippen molar-refractivity contribution in [3.05, 3.63) is 58.4 Å². The van der Waals surface area contributed by atoms with Crippen LogP contribution >= 0.6 is 0 Å². The maximum atomic E-state index is 12.9. The van der Waals surface area contributed by atoms with Gasteiger partial charge in [-0.05, 0) is 43.4 Å². The fourth-order valence-corrected chi connectivity index (χ4v) is 5.65. The van der Waals surface area contributed by atoms with Crippen molar-refractivity contribution in [1.29, 1.82) is 0 Å². The molecule has 1 aliphatic heterocycles. The van der Waals surface area contributed by atoms with Gasteiger partial charge in [-0.15, -0.1) is 0 Å². The van der Waals surface area contributed by atoms with E-state index >= 15 is 0 Å². The Hall–Kier alpha value is -1.94. The number of rotatable bonds is 2. The Morgan fingerprint density at radius 3 is 2.00 bits per heavy atom. The molecule has 3 nitrogen and oxygen atoms in total. The third-order valence-electron chi connectivity index (χ3n) is 4.60. The summed E-state index contributed by atoms with van der Waals surface area (Å²) in [6.45, 7) is 10.8. The smallest absolute Gasteiger partial charge is 0.265 e. The molecule has 1 saturated carbocycles. The maximum Gasteiger partial charge on any atom is 0.265 e. The van der Waals surface area contributed by atoms with Crippen molar-refractivity contribution in [2.45, 2.75) is 45.3 Å². The van der Waals surface area contributed by atoms with Gasteiger partial charge in [-0.1, -0.05) is 43.9 Å². The normalized spacial score (nSPS) is 20.8. The second-order valence-corrected chi connectivity index (χ2v) is 12.4. The number of imide groups is 1. The molecule has 1 aliphatic carbocycles. The number of hydrogen-bond donors (Lipinski definition) is 0. The number of benzene rings is 1. The van der Waals surface area contributed by atoms with Crippen LogP contribution in [0.4, 0.5) is 0 Å². The molecule has 2 aliphatic rings. The van der Waals surface area contributed by atoms with Crippen LogP contribution in [0.15, 0.2) is 47.3 Å². The minimum absolute atomic E-state index is 0.172. The first-order valence-electron chi connectivity index (χ1n) is 8.22. The predicted molar refractivity (Wildman–Crippen MR) is 94.9 cm³/mol. The second-order valence-electron chi connectivity index (χ2n) is 7.38. The van der Waals surface area contributed by atoms with Crippen LogP contribution in [-0.2, 0) is 0 Å². The van der Waals surface area contributed by atoms with Gasteiger partial charge in [0.2, 0.25) is 0 Å². The van der Waals surface area contributed by atoms with Crippen LogP contribution in [0.3, 0.4) is 0 Å². The van der Waals surface area contributed by atoms with Gasteiger partial charge in [0.15, 0.2) is 0 Å². The van der Waals surface area contributed by atoms with Crippen molar-refractivity contribution >= 4 is 19.9 Å². The van der Waals surface area contributed by atoms with Crippen molar-refractivity contribution < 1.29 is 9.59 Å². The zero-order valence-corrected chi connectivity index (χ0v) is 15.1. The molecular weight excluding hydrogens is 302 g/mol. The minimum Gasteiger partial charge on any atom is -0.268 e. The molecule has 1 aromatic rings. The molecule has 23 heavy (non-hydrogen) atoms. The van der Waals surface area contributed by atoms with Crippen molar-refractivity contribution in [2.24, 2.45) is 0 Å². The zero-order valence-electron chi connectivity index (χ0n) is 14.1. The summed E-state index contributed by atoms with van der Waals surface area (Å²) in [4.78, 5) is 27.3. The number of carbonyl (C=O) groups is 2. The molecule has 4 heteroatoms. The van der Waals surface area contributed by atoms with E-state index in [1.165, 1.54) is 4.90 Å². The standard InChI is InChI=1S/C19H23NO2Si/c1-13-9-5-6-10-14(13)19(23(2,3)4)20-17(21)15-11-7-8-12-16(15)18(20)22/h7-8,11-12H,1,5-6,9-10H2,2-4H3/b19-14+. The van der Waals surface area contributed by atoms with E-state index in [4.69, 9.17) is 0 Å². The van der Waals surface area contributed by atoms with Crippen LogP contribution in [0.5, 0.6) is 0 Å². The highest BCUT2D eigenvalue weighted by molar-refractivity contribution is 6.83. The van der Waals surface area contributed by atoms with E-state index < -0.39 is 8.07 Å². The number of nitrogens with zero attached hydrogens (tertiary/aromatic N) is 1. The summed E-state index contributed by atoms with van der Waals surface area (Å²) in [5.74, 6) is -0.345. The Morgan fingerprint density at radius 2 is 1.52 bits per heavy atom. The van der Waals surface area contributed by atoms with Crippen LogP contribution in [0.2, 0.25) is 19.6 Å². The molecular formula is C19H23NO2Si. The zero-order chi connectivity index (χ0) is 16.8. The molecule has 0 unspecified atom stereocenters. The molecule has 2 amide bonds. The monoisotopic (exact) mass is 325 g/mol. The SMILES string of the molecule is C=C1CCCC/C1=C(/N1C(=O)c2ccccc2C1=O)[Si](C)(C)C. The molecule has 1 heterocycles. The van der Waals surface area contributed by atoms with Crippen LogP contribution in [0.1, 0.15) is 46.4 Å². The first-order chi connectivity index (χ1) is 10.8. The second kappa shape index (κ2) is 5.60. The molecule has 3 rings (SSSR count). The lowest BCUT2D eigenvalue weighted by molar-refractivity contribution is 0.0711. The summed E-state index contributed by atoms with van der Waals surface area (Å²) in [5.41, 5.74) is 3.31. The average Bonchev–Trinajstić information content (AvgIpc) is 2.74. The highest BCUT2D eigenvalue weighted by atomic mass is 28.3. The third-order valence-corrected chi connectivity index (χ3v) is 6.54. The lowest BCUT2D eigenvalue weighted by Gasteiger charge is -2.33. The molecule has 1 fully saturated rings.